The highest BCUT2D eigenvalue weighted by atomic mass is 16.5. The van der Waals surface area contributed by atoms with Gasteiger partial charge in [0.15, 0.2) is 0 Å². The Morgan fingerprint density at radius 2 is 0.685 bits per heavy atom. The van der Waals surface area contributed by atoms with Gasteiger partial charge >= 0.3 is 0 Å². The fourth-order valence-electron chi connectivity index (χ4n) is 10.1. The van der Waals surface area contributed by atoms with Crippen LogP contribution < -0.4 is 4.74 Å². The molecular weight excluding hydrogens is 893 g/mol. The van der Waals surface area contributed by atoms with E-state index in [0.29, 0.717) is 6.61 Å². The molecule has 0 saturated heterocycles. The number of aliphatic imine (C=N–C) groups is 4. The van der Waals surface area contributed by atoms with Crippen LogP contribution in [-0.4, -0.2) is 52.3 Å². The van der Waals surface area contributed by atoms with Crippen LogP contribution in [0.1, 0.15) is 80.5 Å². The van der Waals surface area contributed by atoms with E-state index in [0.717, 1.165) is 122 Å². The van der Waals surface area contributed by atoms with Crippen molar-refractivity contribution >= 4 is 45.1 Å². The summed E-state index contributed by atoms with van der Waals surface area (Å²) in [5.41, 5.74) is 17.3. The lowest BCUT2D eigenvalue weighted by Gasteiger charge is -2.21. The molecule has 0 fully saturated rings. The third-order valence-electron chi connectivity index (χ3n) is 13.9. The molecule has 0 unspecified atom stereocenters. The Bertz CT molecular complexity index is 3230. The number of hydrogen-bond acceptors (Lipinski definition) is 7. The summed E-state index contributed by atoms with van der Waals surface area (Å²) >= 11 is 0. The lowest BCUT2D eigenvalue weighted by atomic mass is 9.98. The number of fused-ring (bicyclic) bond motifs is 4. The molecule has 7 heterocycles. The van der Waals surface area contributed by atoms with Gasteiger partial charge in [-0.3, -0.25) is 0 Å². The summed E-state index contributed by atoms with van der Waals surface area (Å²) < 4.78 is 6.33. The van der Waals surface area contributed by atoms with E-state index in [-0.39, 0.29) is 0 Å². The first kappa shape index (κ1) is 46.9. The van der Waals surface area contributed by atoms with E-state index in [1.165, 1.54) is 49.7 Å². The van der Waals surface area contributed by atoms with E-state index in [1.807, 2.05) is 18.2 Å². The van der Waals surface area contributed by atoms with Crippen molar-refractivity contribution in [2.45, 2.75) is 58.3 Å². The minimum Gasteiger partial charge on any atom is -0.494 e. The summed E-state index contributed by atoms with van der Waals surface area (Å²) in [6.07, 6.45) is 44.2. The van der Waals surface area contributed by atoms with E-state index >= 15 is 0 Å². The van der Waals surface area contributed by atoms with Crippen LogP contribution in [0.15, 0.2) is 267 Å². The van der Waals surface area contributed by atoms with Gasteiger partial charge in [-0.05, 0) is 138 Å². The van der Waals surface area contributed by atoms with Crippen molar-refractivity contribution in [3.05, 3.63) is 269 Å². The van der Waals surface area contributed by atoms with Crippen molar-refractivity contribution in [2.24, 2.45) is 20.0 Å². The van der Waals surface area contributed by atoms with Crippen LogP contribution in [0.2, 0.25) is 0 Å². The van der Waals surface area contributed by atoms with Gasteiger partial charge in [0.05, 0.1) is 52.2 Å². The zero-order valence-electron chi connectivity index (χ0n) is 41.6. The van der Waals surface area contributed by atoms with Gasteiger partial charge in [-0.25, -0.2) is 20.0 Å². The van der Waals surface area contributed by atoms with Gasteiger partial charge < -0.3 is 14.5 Å². The molecule has 8 bridgehead atoms. The summed E-state index contributed by atoms with van der Waals surface area (Å²) in [4.78, 5) is 26.2. The molecule has 11 rings (SSSR count). The number of ether oxygens (including phenoxy) is 1. The van der Waals surface area contributed by atoms with Crippen LogP contribution in [0, 0.1) is 0 Å². The predicted molar refractivity (Wildman–Crippen MR) is 305 cm³/mol. The van der Waals surface area contributed by atoms with Gasteiger partial charge in [-0.15, -0.1) is 0 Å². The van der Waals surface area contributed by atoms with Crippen LogP contribution in [0.5, 0.6) is 5.75 Å². The van der Waals surface area contributed by atoms with Crippen molar-refractivity contribution < 1.29 is 4.74 Å². The Morgan fingerprint density at radius 1 is 0.342 bits per heavy atom. The van der Waals surface area contributed by atoms with Crippen LogP contribution in [0.4, 0.5) is 0 Å². The maximum Gasteiger partial charge on any atom is 0.119 e. The number of rotatable bonds is 17. The SMILES string of the molecule is CCCN1C=CC(=C2C=CN(CCCCCCCCCOc3ccc(C4=C5C=CC(=N5)C(c5ccccc5)=C5C=CC(=N5)C(c5ccccc5)=C5C=CC(=N5)C(c5ccccc5)=C5C=CC4=N5)cc3)C=C2)C=C1. The molecule has 7 nitrogen and oxygen atoms in total. The van der Waals surface area contributed by atoms with Crippen molar-refractivity contribution in [2.75, 3.05) is 19.7 Å². The molecular formula is C66H60N6O. The second-order valence-corrected chi connectivity index (χ2v) is 19.0. The van der Waals surface area contributed by atoms with E-state index in [2.05, 4.69) is 211 Å². The van der Waals surface area contributed by atoms with Crippen molar-refractivity contribution in [3.8, 4) is 5.75 Å². The minimum absolute atomic E-state index is 0.696. The number of hydrogen-bond donors (Lipinski definition) is 0. The van der Waals surface area contributed by atoms with Gasteiger partial charge in [0.25, 0.3) is 0 Å². The predicted octanol–water partition coefficient (Wildman–Crippen LogP) is 15.2. The Balaban J connectivity index is 0.786. The summed E-state index contributed by atoms with van der Waals surface area (Å²) in [5.74, 6) is 0.863. The normalized spacial score (nSPS) is 17.5. The molecule has 0 spiro atoms. The van der Waals surface area contributed by atoms with Crippen LogP contribution in [0.3, 0.4) is 0 Å². The second-order valence-electron chi connectivity index (χ2n) is 19.0. The number of allylic oxidation sites excluding steroid dienone is 18. The Hall–Kier alpha value is -8.42. The average Bonchev–Trinajstić information content (AvgIpc) is 4.30. The smallest absolute Gasteiger partial charge is 0.119 e. The molecule has 0 saturated carbocycles. The highest BCUT2D eigenvalue weighted by Crippen LogP contribution is 2.39. The van der Waals surface area contributed by atoms with E-state index < -0.39 is 0 Å². The highest BCUT2D eigenvalue weighted by Gasteiger charge is 2.27. The van der Waals surface area contributed by atoms with E-state index in [1.54, 1.807) is 0 Å². The maximum absolute atomic E-state index is 6.33. The summed E-state index contributed by atoms with van der Waals surface area (Å²) in [6.45, 7) is 5.02. The first-order valence-corrected chi connectivity index (χ1v) is 26.1. The summed E-state index contributed by atoms with van der Waals surface area (Å²) in [7, 11) is 0. The monoisotopic (exact) mass is 952 g/mol. The average molecular weight is 953 g/mol. The Labute approximate surface area is 430 Å². The second kappa shape index (κ2) is 22.3. The van der Waals surface area contributed by atoms with E-state index in [4.69, 9.17) is 24.7 Å². The fraction of sp³-hybridized carbons (Fsp3) is 0.182. The summed E-state index contributed by atoms with van der Waals surface area (Å²) in [6, 6.07) is 39.8. The third kappa shape index (κ3) is 10.8. The number of benzene rings is 4. The Morgan fingerprint density at radius 3 is 1.07 bits per heavy atom. The molecule has 0 atom stereocenters. The largest absolute Gasteiger partial charge is 0.494 e. The highest BCUT2D eigenvalue weighted by molar-refractivity contribution is 6.39. The molecule has 73 heavy (non-hydrogen) atoms. The molecule has 4 aromatic carbocycles. The standard InChI is InChI=1S/C66H60N6O/c1-2-41-71-43-37-48(38-44-71)49-39-45-72(46-40-49)42-17-6-4-3-5-7-18-47-73-54-27-25-53(26-28-54)66-61-35-33-59(69-61)64(51-21-13-9-14-22-51)57-31-29-55(67-57)63(50-19-11-8-12-20-50)56-30-32-58(68-56)65(52-23-15-10-16-24-52)60-34-36-62(66)70-60/h8-16,19-40,43-46H,2-7,17-18,41-42,47H2,1H3. The Kier molecular flexibility index (Phi) is 14.4. The maximum atomic E-state index is 6.33. The molecule has 0 N–H and O–H groups in total. The zero-order valence-corrected chi connectivity index (χ0v) is 41.6. The van der Waals surface area contributed by atoms with Crippen molar-refractivity contribution in [3.63, 3.8) is 0 Å². The molecule has 4 aromatic rings. The van der Waals surface area contributed by atoms with Gasteiger partial charge in [0, 0.05) is 60.2 Å². The zero-order chi connectivity index (χ0) is 49.2. The molecule has 0 aromatic heterocycles. The van der Waals surface area contributed by atoms with Crippen LogP contribution in [0.25, 0.3) is 22.3 Å². The number of unbranched alkanes of at least 4 members (excludes halogenated alkanes) is 6. The fourth-order valence-corrected chi connectivity index (χ4v) is 10.1. The van der Waals surface area contributed by atoms with E-state index in [9.17, 15) is 0 Å². The van der Waals surface area contributed by atoms with Crippen LogP contribution in [-0.2, 0) is 0 Å². The lowest BCUT2D eigenvalue weighted by molar-refractivity contribution is 0.304. The molecule has 360 valence electrons. The number of nitrogens with zero attached hydrogens (tertiary/aromatic N) is 6. The third-order valence-corrected chi connectivity index (χ3v) is 13.9. The minimum atomic E-state index is 0.696. The van der Waals surface area contributed by atoms with Gasteiger partial charge in [0.2, 0.25) is 0 Å². The van der Waals surface area contributed by atoms with Gasteiger partial charge in [-0.1, -0.05) is 142 Å². The lowest BCUT2D eigenvalue weighted by Crippen LogP contribution is -2.14. The summed E-state index contributed by atoms with van der Waals surface area (Å²) in [5, 5.41) is 0. The molecule has 0 aliphatic carbocycles. The quantitative estimate of drug-likeness (QED) is 0.0991. The molecule has 0 radical (unpaired) electrons. The first-order chi connectivity index (χ1) is 36.1. The van der Waals surface area contributed by atoms with Gasteiger partial charge in [0.1, 0.15) is 5.75 Å². The van der Waals surface area contributed by atoms with Crippen molar-refractivity contribution in [1.82, 2.24) is 9.80 Å². The molecule has 7 aliphatic rings. The molecule has 7 heteroatoms. The van der Waals surface area contributed by atoms with Crippen molar-refractivity contribution in [1.29, 1.82) is 0 Å². The topological polar surface area (TPSA) is 65.2 Å². The first-order valence-electron chi connectivity index (χ1n) is 26.1. The van der Waals surface area contributed by atoms with Gasteiger partial charge in [-0.2, -0.15) is 0 Å². The molecule has 7 aliphatic heterocycles. The molecule has 0 amide bonds. The van der Waals surface area contributed by atoms with Crippen LogP contribution >= 0.6 is 0 Å².